The van der Waals surface area contributed by atoms with E-state index in [1.807, 2.05) is 103 Å². The maximum Gasteiger partial charge on any atom is 0.359 e. The molecule has 0 unspecified atom stereocenters. The Hall–Kier alpha value is -7.28. The van der Waals surface area contributed by atoms with Crippen molar-refractivity contribution in [2.24, 2.45) is 5.16 Å². The van der Waals surface area contributed by atoms with Gasteiger partial charge >= 0.3 is 22.1 Å². The van der Waals surface area contributed by atoms with Gasteiger partial charge in [-0.3, -0.25) is 14.5 Å². The predicted octanol–water partition coefficient (Wildman–Crippen LogP) is 8.31. The summed E-state index contributed by atoms with van der Waals surface area (Å²) in [6.45, 7) is 8.00. The number of thioether (sulfide) groups is 1. The highest BCUT2D eigenvalue weighted by atomic mass is 32.2. The lowest BCUT2D eigenvalue weighted by atomic mass is 9.77. The zero-order valence-electron chi connectivity index (χ0n) is 39.6. The average Bonchev–Trinajstić information content (AvgIpc) is 3.82. The highest BCUT2D eigenvalue weighted by Gasteiger charge is 2.56. The Morgan fingerprint density at radius 3 is 1.73 bits per heavy atom. The zero-order chi connectivity index (χ0) is 50.6. The summed E-state index contributed by atoms with van der Waals surface area (Å²) in [6, 6.07) is 46.2. The second-order valence-corrected chi connectivity index (χ2v) is 21.6. The summed E-state index contributed by atoms with van der Waals surface area (Å²) in [4.78, 5) is 68.5. The van der Waals surface area contributed by atoms with Gasteiger partial charge in [0.2, 0.25) is 5.60 Å². The SMILES string of the molecule is CC(C)(C)OC(=O)C(C)(C)ON=C(C(=O)N[C@@H]1C(=O)N2C(C(=O)OC(c3ccccc3)c3ccccc3)=C(OS(C)(=O)=O)CS[C@H]12)c1csc(NC(c2ccccc2)(c2ccccc2)c2ccccc2)n1. The quantitative estimate of drug-likeness (QED) is 0.0222. The first-order chi connectivity index (χ1) is 33.8. The van der Waals surface area contributed by atoms with Gasteiger partial charge < -0.3 is 29.1 Å². The van der Waals surface area contributed by atoms with Crippen LogP contribution in [-0.4, -0.2) is 82.4 Å². The summed E-state index contributed by atoms with van der Waals surface area (Å²) in [5.74, 6) is -3.93. The lowest BCUT2D eigenvalue weighted by molar-refractivity contribution is -0.179. The highest BCUT2D eigenvalue weighted by molar-refractivity contribution is 8.00. The maximum absolute atomic E-state index is 14.7. The third kappa shape index (κ3) is 11.2. The molecule has 1 fully saturated rings. The largest absolute Gasteiger partial charge is 0.457 e. The molecule has 2 aliphatic heterocycles. The molecule has 0 bridgehead atoms. The maximum atomic E-state index is 14.7. The number of aromatic nitrogens is 1. The van der Waals surface area contributed by atoms with Gasteiger partial charge in [-0.25, -0.2) is 14.6 Å². The smallest absolute Gasteiger partial charge is 0.359 e. The van der Waals surface area contributed by atoms with E-state index in [-0.39, 0.29) is 22.9 Å². The molecule has 5 aromatic carbocycles. The molecule has 18 heteroatoms. The first-order valence-corrected chi connectivity index (χ1v) is 26.2. The molecule has 2 amide bonds. The third-order valence-electron chi connectivity index (χ3n) is 11.2. The second kappa shape index (κ2) is 20.6. The third-order valence-corrected chi connectivity index (χ3v) is 13.7. The molecule has 1 saturated heterocycles. The van der Waals surface area contributed by atoms with Gasteiger partial charge in [0.15, 0.2) is 28.4 Å². The summed E-state index contributed by atoms with van der Waals surface area (Å²) in [5, 5.41) is 11.7. The number of ether oxygens (including phenoxy) is 2. The van der Waals surface area contributed by atoms with Crippen LogP contribution in [0.1, 0.15) is 74.2 Å². The summed E-state index contributed by atoms with van der Waals surface area (Å²) in [6.07, 6.45) is -0.120. The number of carbonyl (C=O) groups excluding carboxylic acids is 4. The van der Waals surface area contributed by atoms with Crippen molar-refractivity contribution in [2.75, 3.05) is 17.3 Å². The van der Waals surface area contributed by atoms with E-state index in [0.29, 0.717) is 16.3 Å². The van der Waals surface area contributed by atoms with E-state index in [1.165, 1.54) is 25.2 Å². The molecule has 8 rings (SSSR count). The molecule has 15 nitrogen and oxygen atoms in total. The minimum atomic E-state index is -4.18. The zero-order valence-corrected chi connectivity index (χ0v) is 42.0. The van der Waals surface area contributed by atoms with Gasteiger partial charge in [-0.1, -0.05) is 157 Å². The van der Waals surface area contributed by atoms with Gasteiger partial charge in [-0.05, 0) is 62.4 Å². The van der Waals surface area contributed by atoms with Crippen molar-refractivity contribution < 1.29 is 46.1 Å². The highest BCUT2D eigenvalue weighted by Crippen LogP contribution is 2.43. The number of rotatable bonds is 17. The number of fused-ring (bicyclic) bond motifs is 1. The van der Waals surface area contributed by atoms with Crippen LogP contribution in [0.25, 0.3) is 0 Å². The minimum Gasteiger partial charge on any atom is -0.457 e. The number of β-lactam (4-membered cyclic amide) rings is 1. The standard InChI is InChI=1S/C53H51N5O10S3/c1-51(2,3)66-49(62)52(4,5)68-57-41(39-32-70-50(54-39)56-53(36-26-16-9-17-27-36,37-28-18-10-19-29-37)38-30-20-11-21-31-38)45(59)55-42-46(60)58-43(40(33-69-47(42)58)67-71(6,63)64)48(61)65-44(34-22-12-7-13-23-34)35-24-14-8-15-25-35/h7-32,42,44,47H,33H2,1-6H3,(H,54,56)(H,55,59)/t42-,47-/m1/s1. The first kappa shape index (κ1) is 50.1. The fraction of sp³-hybridized carbons (Fsp3) is 0.245. The molecule has 0 aliphatic carbocycles. The van der Waals surface area contributed by atoms with Crippen LogP contribution in [0.2, 0.25) is 0 Å². The van der Waals surface area contributed by atoms with E-state index in [0.717, 1.165) is 39.6 Å². The monoisotopic (exact) mass is 1010 g/mol. The molecule has 0 spiro atoms. The Bertz CT molecular complexity index is 2940. The van der Waals surface area contributed by atoms with Gasteiger partial charge in [0.05, 0.1) is 12.0 Å². The van der Waals surface area contributed by atoms with Crippen molar-refractivity contribution in [2.45, 2.75) is 68.9 Å². The van der Waals surface area contributed by atoms with Gasteiger partial charge in [-0.15, -0.1) is 23.1 Å². The number of anilines is 1. The summed E-state index contributed by atoms with van der Waals surface area (Å²) >= 11 is 2.26. The normalized spacial score (nSPS) is 16.4. The topological polar surface area (TPSA) is 192 Å². The van der Waals surface area contributed by atoms with E-state index in [4.69, 9.17) is 23.5 Å². The average molecular weight is 1010 g/mol. The summed E-state index contributed by atoms with van der Waals surface area (Å²) in [7, 11) is -4.18. The molecular weight excluding hydrogens is 963 g/mol. The van der Waals surface area contributed by atoms with Gasteiger partial charge in [0, 0.05) is 5.38 Å². The molecule has 366 valence electrons. The number of benzene rings is 5. The number of thiazole rings is 1. The Kier molecular flexibility index (Phi) is 14.5. The van der Waals surface area contributed by atoms with Crippen molar-refractivity contribution in [3.05, 3.63) is 202 Å². The molecular formula is C53H51N5O10S3. The van der Waals surface area contributed by atoms with Crippen LogP contribution in [-0.2, 0) is 53.3 Å². The molecule has 2 atom stereocenters. The van der Waals surface area contributed by atoms with E-state index in [9.17, 15) is 27.6 Å². The van der Waals surface area contributed by atoms with Crippen LogP contribution in [0.5, 0.6) is 0 Å². The van der Waals surface area contributed by atoms with Crippen LogP contribution in [0.15, 0.2) is 174 Å². The van der Waals surface area contributed by atoms with E-state index in [2.05, 4.69) is 15.8 Å². The number of esters is 2. The van der Waals surface area contributed by atoms with Gasteiger partial charge in [0.1, 0.15) is 28.2 Å². The van der Waals surface area contributed by atoms with Crippen LogP contribution >= 0.6 is 23.1 Å². The molecule has 1 aromatic heterocycles. The predicted molar refractivity (Wildman–Crippen MR) is 271 cm³/mol. The molecule has 0 radical (unpaired) electrons. The van der Waals surface area contributed by atoms with Crippen molar-refractivity contribution in [1.29, 1.82) is 0 Å². The van der Waals surface area contributed by atoms with Crippen LogP contribution in [0.4, 0.5) is 5.13 Å². The number of amides is 2. The number of nitrogens with one attached hydrogen (secondary N) is 2. The number of carbonyl (C=O) groups is 4. The van der Waals surface area contributed by atoms with Crippen LogP contribution in [0.3, 0.4) is 0 Å². The molecule has 6 aromatic rings. The number of oxime groups is 1. The van der Waals surface area contributed by atoms with Crippen molar-refractivity contribution in [3.63, 3.8) is 0 Å². The van der Waals surface area contributed by atoms with E-state index in [1.54, 1.807) is 74.7 Å². The van der Waals surface area contributed by atoms with E-state index >= 15 is 0 Å². The van der Waals surface area contributed by atoms with Crippen LogP contribution < -0.4 is 10.6 Å². The van der Waals surface area contributed by atoms with Crippen molar-refractivity contribution in [1.82, 2.24) is 15.2 Å². The van der Waals surface area contributed by atoms with Gasteiger partial charge in [-0.2, -0.15) is 8.42 Å². The summed E-state index contributed by atoms with van der Waals surface area (Å²) in [5.41, 5.74) is -0.368. The van der Waals surface area contributed by atoms with Crippen molar-refractivity contribution in [3.8, 4) is 0 Å². The second-order valence-electron chi connectivity index (χ2n) is 18.1. The molecule has 2 aliphatic rings. The molecule has 71 heavy (non-hydrogen) atoms. The van der Waals surface area contributed by atoms with Crippen LogP contribution in [0, 0.1) is 0 Å². The Morgan fingerprint density at radius 1 is 0.761 bits per heavy atom. The van der Waals surface area contributed by atoms with E-state index < -0.39 is 73.8 Å². The Balaban J connectivity index is 1.13. The Morgan fingerprint density at radius 2 is 1.25 bits per heavy atom. The van der Waals surface area contributed by atoms with Gasteiger partial charge in [0.25, 0.3) is 11.8 Å². The van der Waals surface area contributed by atoms with Crippen molar-refractivity contribution >= 4 is 67.8 Å². The number of nitrogens with zero attached hydrogens (tertiary/aromatic N) is 3. The fourth-order valence-corrected chi connectivity index (χ4v) is 10.5. The fourth-order valence-electron chi connectivity index (χ4n) is 7.97. The lowest BCUT2D eigenvalue weighted by Crippen LogP contribution is -2.71. The molecule has 0 saturated carbocycles. The Labute approximate surface area is 420 Å². The molecule has 2 N–H and O–H groups in total. The summed E-state index contributed by atoms with van der Waals surface area (Å²) < 4.78 is 42.1. The number of hydrogen-bond donors (Lipinski definition) is 2. The minimum absolute atomic E-state index is 0.0406. The molecule has 3 heterocycles. The lowest BCUT2D eigenvalue weighted by Gasteiger charge is -2.49. The number of hydrogen-bond acceptors (Lipinski definition) is 15. The first-order valence-electron chi connectivity index (χ1n) is 22.4.